The van der Waals surface area contributed by atoms with E-state index in [0.29, 0.717) is 12.1 Å². The third-order valence-electron chi connectivity index (χ3n) is 2.68. The minimum absolute atomic E-state index is 0.133. The quantitative estimate of drug-likeness (QED) is 0.507. The first-order valence-electron chi connectivity index (χ1n) is 5.56. The van der Waals surface area contributed by atoms with Crippen molar-refractivity contribution >= 4 is 21.8 Å². The van der Waals surface area contributed by atoms with E-state index < -0.39 is 0 Å². The summed E-state index contributed by atoms with van der Waals surface area (Å²) in [4.78, 5) is 23.4. The zero-order valence-electron chi connectivity index (χ0n) is 9.97. The summed E-state index contributed by atoms with van der Waals surface area (Å²) in [6, 6.07) is 10.2. The summed E-state index contributed by atoms with van der Waals surface area (Å²) in [5, 5.41) is 0. The fraction of sp³-hybridized carbons (Fsp3) is 0.0769. The molecule has 0 atom stereocenters. The zero-order valence-corrected chi connectivity index (χ0v) is 11.6. The van der Waals surface area contributed by atoms with E-state index in [1.807, 2.05) is 6.07 Å². The van der Waals surface area contributed by atoms with Gasteiger partial charge in [0.1, 0.15) is 0 Å². The van der Waals surface area contributed by atoms with Crippen LogP contribution in [0.15, 0.2) is 51.9 Å². The van der Waals surface area contributed by atoms with Crippen molar-refractivity contribution in [3.05, 3.63) is 68.5 Å². The van der Waals surface area contributed by atoms with E-state index in [2.05, 4.69) is 21.4 Å². The van der Waals surface area contributed by atoms with Crippen LogP contribution in [0.2, 0.25) is 0 Å². The highest BCUT2D eigenvalue weighted by atomic mass is 79.9. The number of benzene rings is 1. The molecular weight excluding hydrogens is 310 g/mol. The van der Waals surface area contributed by atoms with E-state index in [4.69, 9.17) is 5.84 Å². The van der Waals surface area contributed by atoms with Gasteiger partial charge in [0.2, 0.25) is 0 Å². The lowest BCUT2D eigenvalue weighted by atomic mass is 10.1. The van der Waals surface area contributed by atoms with Crippen molar-refractivity contribution in [1.29, 1.82) is 0 Å². The van der Waals surface area contributed by atoms with E-state index >= 15 is 0 Å². The first kappa shape index (κ1) is 13.5. The first-order valence-corrected chi connectivity index (χ1v) is 6.36. The van der Waals surface area contributed by atoms with Gasteiger partial charge in [-0.1, -0.05) is 18.2 Å². The summed E-state index contributed by atoms with van der Waals surface area (Å²) >= 11 is 3.31. The van der Waals surface area contributed by atoms with Gasteiger partial charge >= 0.3 is 0 Å². The number of nitrogens with one attached hydrogen (secondary N) is 1. The van der Waals surface area contributed by atoms with Gasteiger partial charge in [-0.2, -0.15) is 0 Å². The molecule has 0 aliphatic carbocycles. The molecular formula is C13H12BrN3O2. The van der Waals surface area contributed by atoms with Crippen LogP contribution in [0.4, 0.5) is 0 Å². The van der Waals surface area contributed by atoms with Crippen LogP contribution in [0.1, 0.15) is 15.9 Å². The van der Waals surface area contributed by atoms with Crippen LogP contribution in [0.25, 0.3) is 0 Å². The molecule has 0 radical (unpaired) electrons. The van der Waals surface area contributed by atoms with Gasteiger partial charge in [-0.25, -0.2) is 5.84 Å². The Morgan fingerprint density at radius 1 is 1.26 bits per heavy atom. The minimum atomic E-state index is -0.376. The molecule has 19 heavy (non-hydrogen) atoms. The lowest BCUT2D eigenvalue weighted by molar-refractivity contribution is 0.0952. The number of hydrazine groups is 1. The summed E-state index contributed by atoms with van der Waals surface area (Å²) in [5.41, 5.74) is 3.15. The van der Waals surface area contributed by atoms with Crippen molar-refractivity contribution in [3.8, 4) is 0 Å². The molecule has 0 bridgehead atoms. The number of rotatable bonds is 3. The molecule has 0 saturated heterocycles. The lowest BCUT2D eigenvalue weighted by Crippen LogP contribution is -2.31. The molecule has 1 aromatic carbocycles. The summed E-state index contributed by atoms with van der Waals surface area (Å²) < 4.78 is 2.32. The van der Waals surface area contributed by atoms with Crippen molar-refractivity contribution in [3.63, 3.8) is 0 Å². The maximum atomic E-state index is 11.7. The highest BCUT2D eigenvalue weighted by molar-refractivity contribution is 9.10. The van der Waals surface area contributed by atoms with E-state index in [-0.39, 0.29) is 11.5 Å². The largest absolute Gasteiger partial charge is 0.310 e. The summed E-state index contributed by atoms with van der Waals surface area (Å²) in [6.07, 6.45) is 1.68. The molecule has 1 heterocycles. The van der Waals surface area contributed by atoms with Crippen molar-refractivity contribution in [2.24, 2.45) is 5.84 Å². The monoisotopic (exact) mass is 321 g/mol. The number of hydrogen-bond acceptors (Lipinski definition) is 3. The van der Waals surface area contributed by atoms with Gasteiger partial charge in [0.25, 0.3) is 11.5 Å². The standard InChI is InChI=1S/C13H12BrN3O2/c14-10-5-6-12(18)17(8-10)7-9-3-1-2-4-11(9)13(19)16-15/h1-6,8H,7,15H2,(H,16,19). The fourth-order valence-electron chi connectivity index (χ4n) is 1.77. The van der Waals surface area contributed by atoms with E-state index in [0.717, 1.165) is 10.0 Å². The van der Waals surface area contributed by atoms with Crippen LogP contribution in [0.5, 0.6) is 0 Å². The second-order valence-electron chi connectivity index (χ2n) is 3.94. The van der Waals surface area contributed by atoms with Crippen LogP contribution in [0, 0.1) is 0 Å². The number of nitrogens with zero attached hydrogens (tertiary/aromatic N) is 1. The molecule has 6 heteroatoms. The van der Waals surface area contributed by atoms with Crippen LogP contribution < -0.4 is 16.8 Å². The normalized spacial score (nSPS) is 10.2. The highest BCUT2D eigenvalue weighted by Crippen LogP contribution is 2.11. The Bertz CT molecular complexity index is 667. The summed E-state index contributed by atoms with van der Waals surface area (Å²) in [7, 11) is 0. The third kappa shape index (κ3) is 3.10. The molecule has 1 amide bonds. The van der Waals surface area contributed by atoms with Gasteiger partial charge in [0, 0.05) is 22.3 Å². The Morgan fingerprint density at radius 3 is 2.74 bits per heavy atom. The number of carbonyl (C=O) groups is 1. The van der Waals surface area contributed by atoms with Crippen LogP contribution in [-0.4, -0.2) is 10.5 Å². The number of nitrogens with two attached hydrogens (primary N) is 1. The Hall–Kier alpha value is -1.92. The Balaban J connectivity index is 2.41. The number of hydrogen-bond donors (Lipinski definition) is 2. The van der Waals surface area contributed by atoms with Gasteiger partial charge in [-0.3, -0.25) is 15.0 Å². The molecule has 2 rings (SSSR count). The molecule has 3 N–H and O–H groups in total. The second kappa shape index (κ2) is 5.81. The lowest BCUT2D eigenvalue weighted by Gasteiger charge is -2.10. The molecule has 5 nitrogen and oxygen atoms in total. The second-order valence-corrected chi connectivity index (χ2v) is 4.86. The SMILES string of the molecule is NNC(=O)c1ccccc1Cn1cc(Br)ccc1=O. The van der Waals surface area contributed by atoms with Crippen molar-refractivity contribution in [1.82, 2.24) is 9.99 Å². The number of pyridine rings is 1. The van der Waals surface area contributed by atoms with Crippen LogP contribution in [-0.2, 0) is 6.54 Å². The Morgan fingerprint density at radius 2 is 2.00 bits per heavy atom. The Kier molecular flexibility index (Phi) is 4.13. The average Bonchev–Trinajstić information content (AvgIpc) is 2.42. The molecule has 0 fully saturated rings. The number of carbonyl (C=O) groups excluding carboxylic acids is 1. The predicted molar refractivity (Wildman–Crippen MR) is 75.6 cm³/mol. The third-order valence-corrected chi connectivity index (χ3v) is 3.15. The van der Waals surface area contributed by atoms with Crippen molar-refractivity contribution < 1.29 is 4.79 Å². The van der Waals surface area contributed by atoms with Crippen molar-refractivity contribution in [2.75, 3.05) is 0 Å². The molecule has 0 aliphatic heterocycles. The van der Waals surface area contributed by atoms with Gasteiger partial charge in [0.15, 0.2) is 0 Å². The smallest absolute Gasteiger partial charge is 0.265 e. The molecule has 2 aromatic rings. The number of aromatic nitrogens is 1. The number of halogens is 1. The van der Waals surface area contributed by atoms with E-state index in [1.54, 1.807) is 30.5 Å². The topological polar surface area (TPSA) is 77.1 Å². The summed E-state index contributed by atoms with van der Waals surface area (Å²) in [5.74, 6) is 4.77. The molecule has 0 saturated carbocycles. The van der Waals surface area contributed by atoms with Crippen LogP contribution >= 0.6 is 15.9 Å². The molecule has 0 spiro atoms. The van der Waals surface area contributed by atoms with Crippen LogP contribution in [0.3, 0.4) is 0 Å². The van der Waals surface area contributed by atoms with Gasteiger partial charge < -0.3 is 4.57 Å². The number of amides is 1. The number of nitrogen functional groups attached to an aromatic ring is 1. The first-order chi connectivity index (χ1) is 9.11. The zero-order chi connectivity index (χ0) is 13.8. The average molecular weight is 322 g/mol. The maximum absolute atomic E-state index is 11.7. The molecule has 1 aromatic heterocycles. The summed E-state index contributed by atoms with van der Waals surface area (Å²) in [6.45, 7) is 0.307. The minimum Gasteiger partial charge on any atom is -0.310 e. The fourth-order valence-corrected chi connectivity index (χ4v) is 2.15. The van der Waals surface area contributed by atoms with Gasteiger partial charge in [0.05, 0.1) is 6.54 Å². The van der Waals surface area contributed by atoms with Gasteiger partial charge in [-0.05, 0) is 33.6 Å². The van der Waals surface area contributed by atoms with Crippen molar-refractivity contribution in [2.45, 2.75) is 6.54 Å². The molecule has 98 valence electrons. The maximum Gasteiger partial charge on any atom is 0.265 e. The Labute approximate surface area is 118 Å². The predicted octanol–water partition coefficient (Wildman–Crippen LogP) is 1.26. The molecule has 0 unspecified atom stereocenters. The van der Waals surface area contributed by atoms with E-state index in [1.165, 1.54) is 10.6 Å². The molecule has 0 aliphatic rings. The van der Waals surface area contributed by atoms with E-state index in [9.17, 15) is 9.59 Å². The van der Waals surface area contributed by atoms with Gasteiger partial charge in [-0.15, -0.1) is 0 Å². The highest BCUT2D eigenvalue weighted by Gasteiger charge is 2.10.